The third kappa shape index (κ3) is 2.31. The maximum atomic E-state index is 5.41. The van der Waals surface area contributed by atoms with E-state index >= 15 is 0 Å². The monoisotopic (exact) mass is 269 g/mol. The van der Waals surface area contributed by atoms with Crippen LogP contribution in [0.3, 0.4) is 0 Å². The number of aryl methyl sites for hydroxylation is 2. The third-order valence-electron chi connectivity index (χ3n) is 3.20. The molecule has 0 aliphatic carbocycles. The lowest BCUT2D eigenvalue weighted by Crippen LogP contribution is -2.02. The van der Waals surface area contributed by atoms with E-state index in [1.807, 2.05) is 25.1 Å². The van der Waals surface area contributed by atoms with Crippen molar-refractivity contribution >= 4 is 23.3 Å². The maximum Gasteiger partial charge on any atom is 0.178 e. The van der Waals surface area contributed by atoms with Gasteiger partial charge < -0.3 is 9.55 Å². The lowest BCUT2D eigenvalue weighted by molar-refractivity contribution is 0.781. The predicted octanol–water partition coefficient (Wildman–Crippen LogP) is 3.76. The average Bonchev–Trinajstić information content (AvgIpc) is 2.65. The zero-order chi connectivity index (χ0) is 13.4. The Balaban J connectivity index is 2.10. The average molecular weight is 269 g/mol. The van der Waals surface area contributed by atoms with Crippen LogP contribution in [0.2, 0.25) is 0 Å². The van der Waals surface area contributed by atoms with Crippen LogP contribution in [0.25, 0.3) is 11.0 Å². The third-order valence-corrected chi connectivity index (χ3v) is 3.52. The van der Waals surface area contributed by atoms with Crippen LogP contribution < -0.4 is 0 Å². The summed E-state index contributed by atoms with van der Waals surface area (Å²) >= 11 is 5.41. The van der Waals surface area contributed by atoms with Crippen molar-refractivity contribution in [3.8, 4) is 0 Å². The molecule has 3 nitrogen and oxygen atoms in total. The molecule has 19 heavy (non-hydrogen) atoms. The number of imidazole rings is 1. The molecular formula is C15H15N3S. The van der Waals surface area contributed by atoms with E-state index in [-0.39, 0.29) is 0 Å². The zero-order valence-electron chi connectivity index (χ0n) is 11.0. The summed E-state index contributed by atoms with van der Waals surface area (Å²) in [4.78, 5) is 7.79. The first-order valence-corrected chi connectivity index (χ1v) is 6.66. The Hall–Kier alpha value is -1.94. The van der Waals surface area contributed by atoms with Crippen molar-refractivity contribution in [2.24, 2.45) is 0 Å². The van der Waals surface area contributed by atoms with Gasteiger partial charge in [0.05, 0.1) is 23.3 Å². The van der Waals surface area contributed by atoms with Gasteiger partial charge in [0.25, 0.3) is 0 Å². The normalized spacial score (nSPS) is 11.1. The number of rotatable bonds is 2. The lowest BCUT2D eigenvalue weighted by atomic mass is 10.2. The van der Waals surface area contributed by atoms with E-state index in [0.29, 0.717) is 6.54 Å². The minimum Gasteiger partial charge on any atom is -0.331 e. The largest absolute Gasteiger partial charge is 0.331 e. The van der Waals surface area contributed by atoms with Gasteiger partial charge in [-0.3, -0.25) is 4.98 Å². The lowest BCUT2D eigenvalue weighted by Gasteiger charge is -2.05. The molecule has 0 fully saturated rings. The Labute approximate surface area is 116 Å². The first-order chi connectivity index (χ1) is 9.13. The number of aromatic amines is 1. The van der Waals surface area contributed by atoms with E-state index in [1.54, 1.807) is 0 Å². The molecule has 0 aliphatic rings. The highest BCUT2D eigenvalue weighted by atomic mass is 32.1. The van der Waals surface area contributed by atoms with Crippen LogP contribution in [0.15, 0.2) is 36.4 Å². The Morgan fingerprint density at radius 3 is 2.84 bits per heavy atom. The highest BCUT2D eigenvalue weighted by molar-refractivity contribution is 7.71. The minimum absolute atomic E-state index is 0.698. The van der Waals surface area contributed by atoms with Crippen molar-refractivity contribution in [3.05, 3.63) is 58.1 Å². The first kappa shape index (κ1) is 12.1. The molecule has 3 aromatic rings. The van der Waals surface area contributed by atoms with Crippen LogP contribution >= 0.6 is 12.2 Å². The smallest absolute Gasteiger partial charge is 0.178 e. The van der Waals surface area contributed by atoms with Gasteiger partial charge in [0.2, 0.25) is 0 Å². The van der Waals surface area contributed by atoms with Crippen LogP contribution in [-0.4, -0.2) is 14.5 Å². The topological polar surface area (TPSA) is 33.6 Å². The van der Waals surface area contributed by atoms with Crippen LogP contribution in [0.5, 0.6) is 0 Å². The van der Waals surface area contributed by atoms with Crippen molar-refractivity contribution in [2.75, 3.05) is 0 Å². The molecule has 96 valence electrons. The number of nitrogens with one attached hydrogen (secondary N) is 1. The van der Waals surface area contributed by atoms with E-state index in [1.165, 1.54) is 5.56 Å². The highest BCUT2D eigenvalue weighted by Gasteiger charge is 2.06. The summed E-state index contributed by atoms with van der Waals surface area (Å²) in [5.74, 6) is 0. The predicted molar refractivity (Wildman–Crippen MR) is 79.9 cm³/mol. The number of pyridine rings is 1. The summed E-state index contributed by atoms with van der Waals surface area (Å²) in [6, 6.07) is 12.4. The summed E-state index contributed by atoms with van der Waals surface area (Å²) in [5, 5.41) is 0. The molecule has 1 N–H and O–H groups in total. The number of H-pyrrole nitrogens is 1. The van der Waals surface area contributed by atoms with E-state index in [0.717, 1.165) is 27.2 Å². The van der Waals surface area contributed by atoms with Crippen molar-refractivity contribution in [3.63, 3.8) is 0 Å². The summed E-state index contributed by atoms with van der Waals surface area (Å²) in [7, 11) is 0. The van der Waals surface area contributed by atoms with Crippen LogP contribution in [0.4, 0.5) is 0 Å². The Bertz CT molecular complexity index is 799. The van der Waals surface area contributed by atoms with E-state index in [2.05, 4.69) is 39.7 Å². The first-order valence-electron chi connectivity index (χ1n) is 6.25. The van der Waals surface area contributed by atoms with E-state index in [4.69, 9.17) is 12.2 Å². The molecular weight excluding hydrogens is 254 g/mol. The fourth-order valence-corrected chi connectivity index (χ4v) is 2.56. The number of hydrogen-bond acceptors (Lipinski definition) is 2. The summed E-state index contributed by atoms with van der Waals surface area (Å²) in [5.41, 5.74) is 5.48. The Kier molecular flexibility index (Phi) is 2.95. The van der Waals surface area contributed by atoms with Gasteiger partial charge in [-0.1, -0.05) is 12.1 Å². The molecule has 0 unspecified atom stereocenters. The van der Waals surface area contributed by atoms with Crippen LogP contribution in [0, 0.1) is 18.6 Å². The van der Waals surface area contributed by atoms with Gasteiger partial charge >= 0.3 is 0 Å². The van der Waals surface area contributed by atoms with Gasteiger partial charge in [0.15, 0.2) is 4.77 Å². The summed E-state index contributed by atoms with van der Waals surface area (Å²) in [6.07, 6.45) is 0. The molecule has 0 aliphatic heterocycles. The number of benzene rings is 1. The number of hydrogen-bond donors (Lipinski definition) is 1. The number of fused-ring (bicyclic) bond motifs is 1. The molecule has 1 aromatic carbocycles. The molecule has 2 heterocycles. The van der Waals surface area contributed by atoms with E-state index < -0.39 is 0 Å². The minimum atomic E-state index is 0.698. The highest BCUT2D eigenvalue weighted by Crippen LogP contribution is 2.17. The fourth-order valence-electron chi connectivity index (χ4n) is 2.28. The molecule has 2 aromatic heterocycles. The molecule has 3 rings (SSSR count). The molecule has 0 bridgehead atoms. The molecule has 4 heteroatoms. The zero-order valence-corrected chi connectivity index (χ0v) is 11.8. The van der Waals surface area contributed by atoms with Crippen molar-refractivity contribution < 1.29 is 0 Å². The molecule has 0 saturated heterocycles. The van der Waals surface area contributed by atoms with Gasteiger partial charge in [-0.05, 0) is 55.9 Å². The van der Waals surface area contributed by atoms with Gasteiger partial charge in [0.1, 0.15) is 0 Å². The molecule has 0 radical (unpaired) electrons. The van der Waals surface area contributed by atoms with Crippen LogP contribution in [0.1, 0.15) is 17.0 Å². The molecule has 0 spiro atoms. The maximum absolute atomic E-state index is 5.41. The molecule has 0 atom stereocenters. The molecule has 0 saturated carbocycles. The van der Waals surface area contributed by atoms with Gasteiger partial charge in [-0.2, -0.15) is 0 Å². The standard InChI is InChI=1S/C15H15N3S/c1-10-6-7-14-13(8-10)17-15(19)18(14)9-12-5-3-4-11(2)16-12/h3-8H,9H2,1-2H3,(H,17,19). The number of nitrogens with zero attached hydrogens (tertiary/aromatic N) is 2. The number of aromatic nitrogens is 3. The van der Waals surface area contributed by atoms with E-state index in [9.17, 15) is 0 Å². The molecule has 0 amide bonds. The SMILES string of the molecule is Cc1ccc2c(c1)[nH]c(=S)n2Cc1cccc(C)n1. The van der Waals surface area contributed by atoms with Gasteiger partial charge in [-0.15, -0.1) is 0 Å². The van der Waals surface area contributed by atoms with Crippen molar-refractivity contribution in [1.82, 2.24) is 14.5 Å². The van der Waals surface area contributed by atoms with Crippen molar-refractivity contribution in [1.29, 1.82) is 0 Å². The van der Waals surface area contributed by atoms with Gasteiger partial charge in [0, 0.05) is 5.69 Å². The summed E-state index contributed by atoms with van der Waals surface area (Å²) < 4.78 is 2.83. The van der Waals surface area contributed by atoms with Crippen LogP contribution in [-0.2, 0) is 6.54 Å². The fraction of sp³-hybridized carbons (Fsp3) is 0.200. The second-order valence-electron chi connectivity index (χ2n) is 4.81. The van der Waals surface area contributed by atoms with Crippen molar-refractivity contribution in [2.45, 2.75) is 20.4 Å². The Morgan fingerprint density at radius 1 is 1.21 bits per heavy atom. The Morgan fingerprint density at radius 2 is 2.05 bits per heavy atom. The summed E-state index contributed by atoms with van der Waals surface area (Å²) in [6.45, 7) is 4.78. The second-order valence-corrected chi connectivity index (χ2v) is 5.19. The quantitative estimate of drug-likeness (QED) is 0.719. The second kappa shape index (κ2) is 4.63. The van der Waals surface area contributed by atoms with Gasteiger partial charge in [-0.25, -0.2) is 0 Å².